The highest BCUT2D eigenvalue weighted by Gasteiger charge is 2.23. The maximum Gasteiger partial charge on any atom is 0.306 e. The number of hydrogen-bond donors (Lipinski definition) is 3. The van der Waals surface area contributed by atoms with Crippen molar-refractivity contribution in [3.05, 3.63) is 109 Å². The Kier molecular flexibility index (Phi) is 42.9. The van der Waals surface area contributed by atoms with Gasteiger partial charge in [-0.15, -0.1) is 0 Å². The van der Waals surface area contributed by atoms with E-state index in [0.717, 1.165) is 51.4 Å². The van der Waals surface area contributed by atoms with Crippen molar-refractivity contribution in [1.82, 2.24) is 5.32 Å². The molecule has 0 aliphatic rings. The smallest absolute Gasteiger partial charge is 0.306 e. The molecule has 0 saturated heterocycles. The number of allylic oxidation sites excluding steroid dienone is 18. The first-order chi connectivity index (χ1) is 29.0. The summed E-state index contributed by atoms with van der Waals surface area (Å²) in [6.07, 6.45) is 61.6. The molecule has 0 rings (SSSR count). The van der Waals surface area contributed by atoms with Crippen molar-refractivity contribution in [3.63, 3.8) is 0 Å². The van der Waals surface area contributed by atoms with E-state index < -0.39 is 18.2 Å². The van der Waals surface area contributed by atoms with Gasteiger partial charge >= 0.3 is 5.97 Å². The number of carbonyl (C=O) groups excluding carboxylic acids is 2. The van der Waals surface area contributed by atoms with Crippen molar-refractivity contribution in [2.24, 2.45) is 0 Å². The van der Waals surface area contributed by atoms with Crippen molar-refractivity contribution in [1.29, 1.82) is 0 Å². The fraction of sp³-hybridized carbons (Fsp3) is 0.623. The number of nitrogens with one attached hydrogen (secondary N) is 1. The number of aliphatic hydroxyl groups excluding tert-OH is 2. The molecule has 0 spiro atoms. The van der Waals surface area contributed by atoms with E-state index >= 15 is 0 Å². The molecule has 6 heteroatoms. The lowest BCUT2D eigenvalue weighted by Crippen LogP contribution is -2.46. The average molecular weight is 818 g/mol. The zero-order valence-corrected chi connectivity index (χ0v) is 37.8. The van der Waals surface area contributed by atoms with Crippen molar-refractivity contribution in [2.75, 3.05) is 6.61 Å². The van der Waals surface area contributed by atoms with E-state index in [-0.39, 0.29) is 31.3 Å². The zero-order chi connectivity index (χ0) is 43.1. The van der Waals surface area contributed by atoms with Crippen LogP contribution in [0.4, 0.5) is 0 Å². The summed E-state index contributed by atoms with van der Waals surface area (Å²) in [5.41, 5.74) is 0. The lowest BCUT2D eigenvalue weighted by Gasteiger charge is -2.24. The molecule has 3 atom stereocenters. The number of unbranched alkanes of at least 4 members (excludes halogenated alkanes) is 17. The van der Waals surface area contributed by atoms with Crippen LogP contribution in [0.15, 0.2) is 109 Å². The van der Waals surface area contributed by atoms with Gasteiger partial charge in [0.25, 0.3) is 0 Å². The fourth-order valence-electron chi connectivity index (χ4n) is 6.53. The molecular weight excluding hydrogens is 731 g/mol. The van der Waals surface area contributed by atoms with Crippen molar-refractivity contribution in [2.45, 2.75) is 206 Å². The van der Waals surface area contributed by atoms with Gasteiger partial charge in [-0.05, 0) is 51.4 Å². The summed E-state index contributed by atoms with van der Waals surface area (Å²) in [6, 6.07) is -0.743. The highest BCUT2D eigenvalue weighted by Crippen LogP contribution is 2.16. The quantitative estimate of drug-likeness (QED) is 0.0325. The summed E-state index contributed by atoms with van der Waals surface area (Å²) in [7, 11) is 0. The van der Waals surface area contributed by atoms with Crippen LogP contribution in [0.2, 0.25) is 0 Å². The van der Waals surface area contributed by atoms with Gasteiger partial charge in [0.1, 0.15) is 6.10 Å². The monoisotopic (exact) mass is 818 g/mol. The van der Waals surface area contributed by atoms with E-state index in [0.29, 0.717) is 19.3 Å². The molecular formula is C53H87NO5. The van der Waals surface area contributed by atoms with Gasteiger partial charge in [0.15, 0.2) is 0 Å². The molecule has 0 radical (unpaired) electrons. The van der Waals surface area contributed by atoms with Crippen LogP contribution >= 0.6 is 0 Å². The topological polar surface area (TPSA) is 95.9 Å². The molecule has 3 N–H and O–H groups in total. The normalized spacial score (nSPS) is 14.3. The van der Waals surface area contributed by atoms with Gasteiger partial charge in [-0.25, -0.2) is 0 Å². The summed E-state index contributed by atoms with van der Waals surface area (Å²) >= 11 is 0. The molecule has 0 aliphatic heterocycles. The molecule has 0 aliphatic carbocycles. The van der Waals surface area contributed by atoms with Gasteiger partial charge in [0, 0.05) is 6.42 Å². The second-order valence-electron chi connectivity index (χ2n) is 15.6. The summed E-state index contributed by atoms with van der Waals surface area (Å²) in [6.45, 7) is 6.14. The molecule has 6 nitrogen and oxygen atoms in total. The maximum absolute atomic E-state index is 13.1. The van der Waals surface area contributed by atoms with E-state index in [2.05, 4.69) is 44.3 Å². The SMILES string of the molecule is CC/C=C/C=C/C=C\C=C/C=C/CCCC(=O)OC(CCC\C=C/C=C\C=C\C=C\CC)CC(=O)NC(CO)C(O)CCCCCCCCCCCCCCCCCC. The summed E-state index contributed by atoms with van der Waals surface area (Å²) < 4.78 is 5.82. The predicted molar refractivity (Wildman–Crippen MR) is 254 cm³/mol. The van der Waals surface area contributed by atoms with E-state index in [4.69, 9.17) is 4.74 Å². The lowest BCUT2D eigenvalue weighted by atomic mass is 10.0. The van der Waals surface area contributed by atoms with Crippen LogP contribution in [-0.2, 0) is 14.3 Å². The molecule has 334 valence electrons. The largest absolute Gasteiger partial charge is 0.462 e. The first kappa shape index (κ1) is 55.5. The second-order valence-corrected chi connectivity index (χ2v) is 15.6. The Morgan fingerprint density at radius 2 is 0.915 bits per heavy atom. The molecule has 1 amide bonds. The number of hydrogen-bond acceptors (Lipinski definition) is 5. The molecule has 59 heavy (non-hydrogen) atoms. The van der Waals surface area contributed by atoms with Gasteiger partial charge in [0.05, 0.1) is 25.2 Å². The Bertz CT molecular complexity index is 1240. The second kappa shape index (κ2) is 45.6. The van der Waals surface area contributed by atoms with Crippen molar-refractivity contribution in [3.8, 4) is 0 Å². The van der Waals surface area contributed by atoms with E-state index in [1.807, 2.05) is 91.1 Å². The molecule has 0 aromatic heterocycles. The molecule has 0 fully saturated rings. The summed E-state index contributed by atoms with van der Waals surface area (Å²) in [4.78, 5) is 26.0. The van der Waals surface area contributed by atoms with Gasteiger partial charge in [-0.2, -0.15) is 0 Å². The third-order valence-corrected chi connectivity index (χ3v) is 10.1. The van der Waals surface area contributed by atoms with Crippen LogP contribution in [0.5, 0.6) is 0 Å². The third-order valence-electron chi connectivity index (χ3n) is 10.1. The Labute approximate surface area is 362 Å². The minimum Gasteiger partial charge on any atom is -0.462 e. The van der Waals surface area contributed by atoms with Gasteiger partial charge in [-0.1, -0.05) is 233 Å². The number of rotatable bonds is 40. The highest BCUT2D eigenvalue weighted by atomic mass is 16.5. The molecule has 0 aromatic carbocycles. The van der Waals surface area contributed by atoms with Crippen LogP contribution in [0, 0.1) is 0 Å². The number of esters is 1. The van der Waals surface area contributed by atoms with E-state index in [1.54, 1.807) is 0 Å². The van der Waals surface area contributed by atoms with Crippen molar-refractivity contribution < 1.29 is 24.5 Å². The molecule has 0 heterocycles. The number of carbonyl (C=O) groups is 2. The Morgan fingerprint density at radius 3 is 1.36 bits per heavy atom. The summed E-state index contributed by atoms with van der Waals surface area (Å²) in [5, 5.41) is 23.7. The highest BCUT2D eigenvalue weighted by molar-refractivity contribution is 5.77. The average Bonchev–Trinajstić information content (AvgIpc) is 3.23. The first-order valence-corrected chi connectivity index (χ1v) is 23.7. The Balaban J connectivity index is 4.71. The number of ether oxygens (including phenoxy) is 1. The van der Waals surface area contributed by atoms with Crippen LogP contribution in [0.3, 0.4) is 0 Å². The molecule has 0 bridgehead atoms. The third kappa shape index (κ3) is 41.1. The Hall–Kier alpha value is -3.48. The maximum atomic E-state index is 13.1. The van der Waals surface area contributed by atoms with Crippen molar-refractivity contribution >= 4 is 11.9 Å². The predicted octanol–water partition coefficient (Wildman–Crippen LogP) is 13.9. The van der Waals surface area contributed by atoms with Crippen LogP contribution < -0.4 is 5.32 Å². The fourth-order valence-corrected chi connectivity index (χ4v) is 6.53. The zero-order valence-electron chi connectivity index (χ0n) is 37.8. The number of amides is 1. The van der Waals surface area contributed by atoms with Crippen LogP contribution in [0.1, 0.15) is 188 Å². The standard InChI is InChI=1S/C53H87NO5/c1-4-7-10-13-16-19-22-24-25-26-28-30-33-36-39-42-45-51(56)50(48-55)54-52(57)47-49(44-41-38-35-32-29-21-18-15-12-9-6-3)59-53(58)46-43-40-37-34-31-27-23-20-17-14-11-8-5-2/h8-9,11-12,14-15,17-18,20-21,23,27,29,31-32,34-35,37,49-51,55-56H,4-7,10,13,16,19,22,24-26,28,30,33,36,38-48H2,1-3H3,(H,54,57)/b11-8+,12-9+,17-14+,18-15+,23-20-,29-21-,31-27-,35-32-,37-34+. The van der Waals surface area contributed by atoms with Gasteiger partial charge in [-0.3, -0.25) is 9.59 Å². The Morgan fingerprint density at radius 1 is 0.508 bits per heavy atom. The number of aliphatic hydroxyl groups is 2. The van der Waals surface area contributed by atoms with Crippen LogP contribution in [0.25, 0.3) is 0 Å². The lowest BCUT2D eigenvalue weighted by molar-refractivity contribution is -0.151. The van der Waals surface area contributed by atoms with Gasteiger partial charge in [0.2, 0.25) is 5.91 Å². The minimum atomic E-state index is -0.823. The molecule has 0 aromatic rings. The first-order valence-electron chi connectivity index (χ1n) is 23.7. The minimum absolute atomic E-state index is 0.00398. The van der Waals surface area contributed by atoms with E-state index in [9.17, 15) is 19.8 Å². The van der Waals surface area contributed by atoms with Gasteiger partial charge < -0.3 is 20.3 Å². The summed E-state index contributed by atoms with van der Waals surface area (Å²) in [5.74, 6) is -0.643. The molecule has 3 unspecified atom stereocenters. The van der Waals surface area contributed by atoms with Crippen LogP contribution in [-0.4, -0.2) is 46.9 Å². The molecule has 0 saturated carbocycles. The van der Waals surface area contributed by atoms with E-state index in [1.165, 1.54) is 83.5 Å².